The van der Waals surface area contributed by atoms with Gasteiger partial charge in [0.2, 0.25) is 0 Å². The van der Waals surface area contributed by atoms with Crippen LogP contribution in [-0.2, 0) is 10.8 Å². The van der Waals surface area contributed by atoms with Crippen molar-refractivity contribution in [2.24, 2.45) is 0 Å². The molecule has 0 bridgehead atoms. The fourth-order valence-corrected chi connectivity index (χ4v) is 13.5. The van der Waals surface area contributed by atoms with E-state index < -0.39 is 10.8 Å². The molecule has 2 atom stereocenters. The molecule has 12 aromatic carbocycles. The van der Waals surface area contributed by atoms with E-state index in [1.165, 1.54) is 77.9 Å². The predicted molar refractivity (Wildman–Crippen MR) is 345 cm³/mol. The van der Waals surface area contributed by atoms with Gasteiger partial charge in [-0.2, -0.15) is 0 Å². The van der Waals surface area contributed by atoms with Gasteiger partial charge in [0.25, 0.3) is 0 Å². The molecule has 2 nitrogen and oxygen atoms in total. The van der Waals surface area contributed by atoms with Gasteiger partial charge in [0, 0.05) is 39.7 Å². The largest absolute Gasteiger partial charge is 0.310 e. The van der Waals surface area contributed by atoms with Crippen LogP contribution in [-0.4, -0.2) is 0 Å². The number of anilines is 6. The Balaban J connectivity index is 0.861. The molecule has 0 saturated heterocycles. The van der Waals surface area contributed by atoms with Crippen molar-refractivity contribution >= 4 is 46.3 Å². The maximum Gasteiger partial charge on any atom is 0.133 e. The van der Waals surface area contributed by atoms with Crippen LogP contribution >= 0.6 is 0 Å². The third kappa shape index (κ3) is 8.30. The fourth-order valence-electron chi connectivity index (χ4n) is 13.5. The summed E-state index contributed by atoms with van der Waals surface area (Å²) in [5.41, 5.74) is 24.6. The molecule has 0 amide bonds. The third-order valence-electron chi connectivity index (χ3n) is 17.4. The second kappa shape index (κ2) is 20.6. The number of rotatable bonds is 13. The molecular formula is C80H59FN2. The Labute approximate surface area is 486 Å². The van der Waals surface area contributed by atoms with Gasteiger partial charge in [0.15, 0.2) is 0 Å². The van der Waals surface area contributed by atoms with Crippen LogP contribution in [0.25, 0.3) is 45.5 Å². The van der Waals surface area contributed by atoms with Crippen molar-refractivity contribution in [3.8, 4) is 33.4 Å². The van der Waals surface area contributed by atoms with Crippen LogP contribution in [0.4, 0.5) is 38.5 Å². The second-order valence-electron chi connectivity index (χ2n) is 22.0. The fraction of sp³-hybridized carbons (Fsp3) is 0.0500. The highest BCUT2D eigenvalue weighted by Gasteiger charge is 2.48. The van der Waals surface area contributed by atoms with E-state index in [1.54, 1.807) is 6.07 Å². The van der Waals surface area contributed by atoms with Crippen molar-refractivity contribution in [2.45, 2.75) is 24.7 Å². The molecule has 12 aromatic rings. The minimum Gasteiger partial charge on any atom is -0.310 e. The topological polar surface area (TPSA) is 6.48 Å². The molecule has 83 heavy (non-hydrogen) atoms. The van der Waals surface area contributed by atoms with E-state index >= 15 is 4.39 Å². The highest BCUT2D eigenvalue weighted by molar-refractivity contribution is 5.92. The number of fused-ring (bicyclic) bond motifs is 6. The van der Waals surface area contributed by atoms with Gasteiger partial charge in [-0.1, -0.05) is 243 Å². The Hall–Kier alpha value is -10.4. The SMILES string of the molecule is C=Cc1ccc(C2(c3ccc(C)cc3)c3ccccc3-c3ccc(N(c4ccccc4)c4ccc(-c5ccc(N(c6ccccc6)c6ccc7c(c6)C(c6ccc(C)cc6)(c6ccc(C=C)cc6)c6ccccc6-7)cc5F)cc4)cc32)cc1. The van der Waals surface area contributed by atoms with E-state index in [-0.39, 0.29) is 5.82 Å². The molecule has 0 fully saturated rings. The third-order valence-corrected chi connectivity index (χ3v) is 17.4. The van der Waals surface area contributed by atoms with E-state index in [2.05, 4.69) is 273 Å². The van der Waals surface area contributed by atoms with E-state index in [4.69, 9.17) is 0 Å². The summed E-state index contributed by atoms with van der Waals surface area (Å²) in [7, 11) is 0. The lowest BCUT2D eigenvalue weighted by molar-refractivity contribution is 0.631. The van der Waals surface area contributed by atoms with Crippen molar-refractivity contribution < 1.29 is 4.39 Å². The molecule has 0 saturated carbocycles. The van der Waals surface area contributed by atoms with Gasteiger partial charge in [-0.15, -0.1) is 0 Å². The van der Waals surface area contributed by atoms with Crippen molar-refractivity contribution in [2.75, 3.05) is 9.80 Å². The number of benzene rings is 12. The second-order valence-corrected chi connectivity index (χ2v) is 22.0. The van der Waals surface area contributed by atoms with Crippen molar-refractivity contribution in [1.82, 2.24) is 0 Å². The predicted octanol–water partition coefficient (Wildman–Crippen LogP) is 21.1. The average Bonchev–Trinajstić information content (AvgIpc) is 1.80. The van der Waals surface area contributed by atoms with Crippen LogP contribution in [0.15, 0.2) is 298 Å². The molecule has 0 aliphatic heterocycles. The molecular weight excluding hydrogens is 1010 g/mol. The van der Waals surface area contributed by atoms with Gasteiger partial charge < -0.3 is 9.80 Å². The minimum atomic E-state index is -0.633. The van der Waals surface area contributed by atoms with Crippen LogP contribution in [0, 0.1) is 19.7 Å². The van der Waals surface area contributed by atoms with Gasteiger partial charge >= 0.3 is 0 Å². The highest BCUT2D eigenvalue weighted by atomic mass is 19.1. The number of hydrogen-bond donors (Lipinski definition) is 0. The summed E-state index contributed by atoms with van der Waals surface area (Å²) in [5.74, 6) is -0.312. The number of halogens is 1. The number of aryl methyl sites for hydroxylation is 2. The van der Waals surface area contributed by atoms with Crippen LogP contribution < -0.4 is 9.80 Å². The lowest BCUT2D eigenvalue weighted by Crippen LogP contribution is -2.29. The van der Waals surface area contributed by atoms with E-state index in [0.717, 1.165) is 45.1 Å². The molecule has 396 valence electrons. The summed E-state index contributed by atoms with van der Waals surface area (Å²) >= 11 is 0. The zero-order chi connectivity index (χ0) is 56.2. The maximum absolute atomic E-state index is 17.4. The number of nitrogens with zero attached hydrogens (tertiary/aromatic N) is 2. The molecule has 14 rings (SSSR count). The van der Waals surface area contributed by atoms with E-state index in [0.29, 0.717) is 11.3 Å². The van der Waals surface area contributed by atoms with Crippen LogP contribution in [0.1, 0.15) is 66.8 Å². The Kier molecular flexibility index (Phi) is 12.6. The van der Waals surface area contributed by atoms with Crippen molar-refractivity contribution in [1.29, 1.82) is 0 Å². The standard InChI is InChI=1S/C80H59FN2/c1-5-56-29-39-61(40-30-56)79(59-35-25-54(3)26-36-59)74-23-15-13-21-70(74)72-49-46-66(51-76(72)79)82(63-17-9-7-10-18-63)65-43-33-58(34-44-65)69-48-45-68(53-78(69)81)83(64-19-11-8-12-20-64)67-47-50-73-71-22-14-16-24-75(71)80(77(73)52-67,60-37-27-55(4)28-38-60)62-41-31-57(6-2)32-42-62/h5-53H,1-2H2,3-4H3. The molecule has 0 heterocycles. The normalized spacial score (nSPS) is 15.4. The van der Waals surface area contributed by atoms with Crippen LogP contribution in [0.5, 0.6) is 0 Å². The summed E-state index contributed by atoms with van der Waals surface area (Å²) in [5, 5.41) is 0. The summed E-state index contributed by atoms with van der Waals surface area (Å²) < 4.78 is 17.4. The van der Waals surface area contributed by atoms with E-state index in [1.807, 2.05) is 54.6 Å². The first-order chi connectivity index (χ1) is 40.8. The summed E-state index contributed by atoms with van der Waals surface area (Å²) in [4.78, 5) is 4.49. The lowest BCUT2D eigenvalue weighted by atomic mass is 9.67. The zero-order valence-electron chi connectivity index (χ0n) is 46.5. The zero-order valence-corrected chi connectivity index (χ0v) is 46.5. The van der Waals surface area contributed by atoms with Gasteiger partial charge in [-0.3, -0.25) is 0 Å². The van der Waals surface area contributed by atoms with Crippen molar-refractivity contribution in [3.63, 3.8) is 0 Å². The Morgan fingerprint density at radius 2 is 0.627 bits per heavy atom. The minimum absolute atomic E-state index is 0.312. The molecule has 0 N–H and O–H groups in total. The van der Waals surface area contributed by atoms with Gasteiger partial charge in [-0.05, 0) is 176 Å². The Morgan fingerprint density at radius 3 is 1.04 bits per heavy atom. The summed E-state index contributed by atoms with van der Waals surface area (Å²) in [6, 6.07) is 102. The van der Waals surface area contributed by atoms with Gasteiger partial charge in [0.05, 0.1) is 10.8 Å². The summed E-state index contributed by atoms with van der Waals surface area (Å²) in [6.07, 6.45) is 3.80. The lowest BCUT2D eigenvalue weighted by Gasteiger charge is -2.35. The first-order valence-corrected chi connectivity index (χ1v) is 28.5. The Bertz CT molecular complexity index is 4410. The number of hydrogen-bond acceptors (Lipinski definition) is 2. The van der Waals surface area contributed by atoms with Crippen molar-refractivity contribution in [3.05, 3.63) is 371 Å². The molecule has 0 radical (unpaired) electrons. The molecule has 0 spiro atoms. The highest BCUT2D eigenvalue weighted by Crippen LogP contribution is 2.59. The van der Waals surface area contributed by atoms with Gasteiger partial charge in [-0.25, -0.2) is 4.39 Å². The first kappa shape index (κ1) is 50.8. The summed E-state index contributed by atoms with van der Waals surface area (Å²) in [6.45, 7) is 12.4. The van der Waals surface area contributed by atoms with Crippen LogP contribution in [0.2, 0.25) is 0 Å². The number of para-hydroxylation sites is 2. The monoisotopic (exact) mass is 1070 g/mol. The molecule has 3 heteroatoms. The first-order valence-electron chi connectivity index (χ1n) is 28.5. The molecule has 2 aliphatic carbocycles. The smallest absolute Gasteiger partial charge is 0.133 e. The average molecular weight is 1070 g/mol. The van der Waals surface area contributed by atoms with Crippen LogP contribution in [0.3, 0.4) is 0 Å². The molecule has 2 aliphatic rings. The molecule has 0 aromatic heterocycles. The van der Waals surface area contributed by atoms with Gasteiger partial charge in [0.1, 0.15) is 5.82 Å². The van der Waals surface area contributed by atoms with E-state index in [9.17, 15) is 0 Å². The molecule has 2 unspecified atom stereocenters. The Morgan fingerprint density at radius 1 is 0.301 bits per heavy atom. The quantitative estimate of drug-likeness (QED) is 0.114. The maximum atomic E-state index is 17.4.